The third kappa shape index (κ3) is 5.65. The predicted molar refractivity (Wildman–Crippen MR) is 95.1 cm³/mol. The first-order chi connectivity index (χ1) is 10.7. The Morgan fingerprint density at radius 1 is 1.23 bits per heavy atom. The molecule has 1 aromatic rings. The van der Waals surface area contributed by atoms with E-state index < -0.39 is 0 Å². The van der Waals surface area contributed by atoms with Crippen molar-refractivity contribution in [3.05, 3.63) is 35.9 Å². The fraction of sp³-hybridized carbons (Fsp3) is 0.611. The lowest BCUT2D eigenvalue weighted by Gasteiger charge is -2.23. The normalized spacial score (nSPS) is 19.2. The Bertz CT molecular complexity index is 450. The molecule has 0 aliphatic carbocycles. The van der Waals surface area contributed by atoms with Gasteiger partial charge in [-0.3, -0.25) is 4.79 Å². The van der Waals surface area contributed by atoms with Gasteiger partial charge in [0.05, 0.1) is 0 Å². The monoisotopic (exact) mass is 320 g/mol. The molecule has 1 unspecified atom stereocenters. The highest BCUT2D eigenvalue weighted by Crippen LogP contribution is 2.17. The molecule has 22 heavy (non-hydrogen) atoms. The summed E-state index contributed by atoms with van der Waals surface area (Å²) < 4.78 is 0. The van der Waals surface area contributed by atoms with Crippen LogP contribution in [0.2, 0.25) is 0 Å². The summed E-state index contributed by atoms with van der Waals surface area (Å²) in [4.78, 5) is 16.7. The van der Waals surface area contributed by atoms with E-state index in [4.69, 9.17) is 0 Å². The summed E-state index contributed by atoms with van der Waals surface area (Å²) in [5, 5.41) is 0. The number of amides is 1. The summed E-state index contributed by atoms with van der Waals surface area (Å²) in [5.41, 5.74) is 1.34. The second-order valence-electron chi connectivity index (χ2n) is 6.22. The molecule has 2 rings (SSSR count). The maximum Gasteiger partial charge on any atom is 0.223 e. The number of hydrogen-bond acceptors (Lipinski definition) is 3. The Labute approximate surface area is 139 Å². The minimum absolute atomic E-state index is 0.333. The number of likely N-dealkylation sites (tertiary alicyclic amines) is 1. The van der Waals surface area contributed by atoms with Crippen LogP contribution in [0.25, 0.3) is 0 Å². The summed E-state index contributed by atoms with van der Waals surface area (Å²) in [7, 11) is 4.28. The number of carbonyl (C=O) groups is 1. The molecule has 1 saturated heterocycles. The topological polar surface area (TPSA) is 23.6 Å². The van der Waals surface area contributed by atoms with Gasteiger partial charge in [-0.25, -0.2) is 0 Å². The molecular weight excluding hydrogens is 292 g/mol. The molecule has 0 radical (unpaired) electrons. The number of nitrogens with zero attached hydrogens (tertiary/aromatic N) is 2. The first kappa shape index (κ1) is 17.4. The largest absolute Gasteiger partial charge is 0.343 e. The molecule has 0 spiro atoms. The van der Waals surface area contributed by atoms with Crippen molar-refractivity contribution < 1.29 is 4.79 Å². The lowest BCUT2D eigenvalue weighted by atomic mass is 10.1. The molecule has 1 aliphatic rings. The summed E-state index contributed by atoms with van der Waals surface area (Å²) in [6.45, 7) is 1.86. The maximum absolute atomic E-state index is 12.3. The van der Waals surface area contributed by atoms with Gasteiger partial charge in [0.1, 0.15) is 0 Å². The Balaban J connectivity index is 1.66. The number of rotatable bonds is 6. The third-order valence-electron chi connectivity index (χ3n) is 4.35. The van der Waals surface area contributed by atoms with Gasteiger partial charge in [-0.05, 0) is 38.9 Å². The molecule has 0 aromatic heterocycles. The van der Waals surface area contributed by atoms with Crippen LogP contribution in [0.1, 0.15) is 31.2 Å². The first-order valence-electron chi connectivity index (χ1n) is 8.22. The molecule has 0 bridgehead atoms. The smallest absolute Gasteiger partial charge is 0.223 e. The van der Waals surface area contributed by atoms with E-state index in [2.05, 4.69) is 48.2 Å². The second-order valence-corrected chi connectivity index (χ2v) is 7.32. The first-order valence-corrected chi connectivity index (χ1v) is 9.38. The van der Waals surface area contributed by atoms with E-state index >= 15 is 0 Å². The highest BCUT2D eigenvalue weighted by atomic mass is 32.2. The van der Waals surface area contributed by atoms with Crippen LogP contribution >= 0.6 is 11.8 Å². The van der Waals surface area contributed by atoms with E-state index in [9.17, 15) is 4.79 Å². The number of hydrogen-bond donors (Lipinski definition) is 0. The molecule has 3 nitrogen and oxygen atoms in total. The minimum atomic E-state index is 0.333. The predicted octanol–water partition coefficient (Wildman–Crippen LogP) is 3.25. The summed E-state index contributed by atoms with van der Waals surface area (Å²) in [6, 6.07) is 11.1. The van der Waals surface area contributed by atoms with Crippen LogP contribution < -0.4 is 0 Å². The zero-order chi connectivity index (χ0) is 15.8. The van der Waals surface area contributed by atoms with Crippen LogP contribution in [-0.4, -0.2) is 54.7 Å². The van der Waals surface area contributed by atoms with Crippen molar-refractivity contribution >= 4 is 17.7 Å². The van der Waals surface area contributed by atoms with Crippen molar-refractivity contribution in [2.45, 2.75) is 37.5 Å². The second kappa shape index (κ2) is 9.21. The van der Waals surface area contributed by atoms with E-state index in [0.29, 0.717) is 18.4 Å². The Kier molecular flexibility index (Phi) is 7.26. The van der Waals surface area contributed by atoms with E-state index in [1.807, 2.05) is 17.8 Å². The van der Waals surface area contributed by atoms with Gasteiger partial charge < -0.3 is 9.80 Å². The Morgan fingerprint density at radius 2 is 2.00 bits per heavy atom. The fourth-order valence-corrected chi connectivity index (χ4v) is 3.82. The molecule has 1 heterocycles. The Hall–Kier alpha value is -1.00. The Morgan fingerprint density at radius 3 is 2.73 bits per heavy atom. The molecule has 4 heteroatoms. The third-order valence-corrected chi connectivity index (χ3v) is 5.38. The van der Waals surface area contributed by atoms with Gasteiger partial charge in [0.15, 0.2) is 0 Å². The molecule has 0 saturated carbocycles. The lowest BCUT2D eigenvalue weighted by molar-refractivity contribution is -0.130. The van der Waals surface area contributed by atoms with Gasteiger partial charge >= 0.3 is 0 Å². The summed E-state index contributed by atoms with van der Waals surface area (Å²) >= 11 is 1.85. The summed E-state index contributed by atoms with van der Waals surface area (Å²) in [5.74, 6) is 2.25. The standard InChI is InChI=1S/C18H28N2OS/c1-19(2)17-9-6-12-20(13-10-17)18(21)11-14-22-15-16-7-4-3-5-8-16/h3-5,7-8,17H,6,9-15H2,1-2H3. The van der Waals surface area contributed by atoms with Gasteiger partial charge in [-0.1, -0.05) is 30.3 Å². The average Bonchev–Trinajstić information content (AvgIpc) is 2.78. The van der Waals surface area contributed by atoms with E-state index in [0.717, 1.165) is 37.4 Å². The molecule has 1 fully saturated rings. The zero-order valence-corrected chi connectivity index (χ0v) is 14.6. The van der Waals surface area contributed by atoms with Gasteiger partial charge in [-0.15, -0.1) is 0 Å². The molecule has 1 aliphatic heterocycles. The number of benzene rings is 1. The van der Waals surface area contributed by atoms with Crippen LogP contribution in [0.3, 0.4) is 0 Å². The van der Waals surface area contributed by atoms with Crippen molar-refractivity contribution in [2.75, 3.05) is 32.9 Å². The summed E-state index contributed by atoms with van der Waals surface area (Å²) in [6.07, 6.45) is 4.12. The minimum Gasteiger partial charge on any atom is -0.343 e. The van der Waals surface area contributed by atoms with Crippen molar-refractivity contribution in [1.82, 2.24) is 9.80 Å². The van der Waals surface area contributed by atoms with Crippen LogP contribution in [-0.2, 0) is 10.5 Å². The van der Waals surface area contributed by atoms with Crippen LogP contribution in [0.5, 0.6) is 0 Å². The van der Waals surface area contributed by atoms with Crippen molar-refractivity contribution in [1.29, 1.82) is 0 Å². The van der Waals surface area contributed by atoms with E-state index in [1.165, 1.54) is 12.0 Å². The van der Waals surface area contributed by atoms with Gasteiger partial charge in [0, 0.05) is 37.1 Å². The molecule has 0 N–H and O–H groups in total. The fourth-order valence-electron chi connectivity index (χ4n) is 2.93. The van der Waals surface area contributed by atoms with Crippen molar-refractivity contribution in [3.63, 3.8) is 0 Å². The highest BCUT2D eigenvalue weighted by Gasteiger charge is 2.21. The van der Waals surface area contributed by atoms with Gasteiger partial charge in [0.2, 0.25) is 5.91 Å². The van der Waals surface area contributed by atoms with E-state index in [-0.39, 0.29) is 0 Å². The maximum atomic E-state index is 12.3. The van der Waals surface area contributed by atoms with Crippen LogP contribution in [0.15, 0.2) is 30.3 Å². The highest BCUT2D eigenvalue weighted by molar-refractivity contribution is 7.98. The number of carbonyl (C=O) groups excluding carboxylic acids is 1. The van der Waals surface area contributed by atoms with Crippen molar-refractivity contribution in [3.8, 4) is 0 Å². The molecule has 1 amide bonds. The quantitative estimate of drug-likeness (QED) is 0.752. The molecule has 1 atom stereocenters. The average molecular weight is 321 g/mol. The molecular formula is C18H28N2OS. The van der Waals surface area contributed by atoms with Crippen LogP contribution in [0, 0.1) is 0 Å². The zero-order valence-electron chi connectivity index (χ0n) is 13.8. The van der Waals surface area contributed by atoms with Gasteiger partial charge in [-0.2, -0.15) is 11.8 Å². The van der Waals surface area contributed by atoms with Gasteiger partial charge in [0.25, 0.3) is 0 Å². The SMILES string of the molecule is CN(C)C1CCCN(C(=O)CCSCc2ccccc2)CC1. The van der Waals surface area contributed by atoms with Crippen molar-refractivity contribution in [2.24, 2.45) is 0 Å². The molecule has 1 aromatic carbocycles. The molecule has 122 valence electrons. The van der Waals surface area contributed by atoms with E-state index in [1.54, 1.807) is 0 Å². The lowest BCUT2D eigenvalue weighted by Crippen LogP contribution is -2.33. The number of thioether (sulfide) groups is 1. The van der Waals surface area contributed by atoms with Crippen LogP contribution in [0.4, 0.5) is 0 Å².